The van der Waals surface area contributed by atoms with E-state index < -0.39 is 69.4 Å². The molecule has 56 heavy (non-hydrogen) atoms. The lowest BCUT2D eigenvalue weighted by Gasteiger charge is -2.68. The van der Waals surface area contributed by atoms with Crippen LogP contribution in [-0.2, 0) is 39.8 Å². The number of Topliss-reactive ketones (excluding diaryl/α,β-unsaturated/α-hetero) is 1. The highest BCUT2D eigenvalue weighted by Crippen LogP contribution is 2.84. The number of aliphatic hydroxyl groups is 2. The van der Waals surface area contributed by atoms with Gasteiger partial charge < -0.3 is 38.5 Å². The number of hydrogen-bond acceptors (Lipinski definition) is 12. The summed E-state index contributed by atoms with van der Waals surface area (Å²) in [5.41, 5.74) is -5.67. The number of rotatable bonds is 3. The molecule has 7 heterocycles. The van der Waals surface area contributed by atoms with E-state index in [2.05, 4.69) is 29.4 Å². The molecule has 300 valence electrons. The standard InChI is InChI=1S/C44H54N2O10/c1-39(2)43-11-4-10-41(34(49)35(43)50)31(42(43)20-53-33(48)18-32(42)55-39)7-12-40(3)36(54-38(51)37-44(40,41)56-37)24-9-14-52-30(24)17-27-25-15-23-8-13-46-21-45-19-28(46)26(23)16-22(25)5-6-29(27)47/h4,8-9,11,13-14,22-23,25-29,31-32,34,36-37,45,47,49H,5-7,10,12,15-21H2,1-3H3. The molecule has 2 bridgehead atoms. The molecule has 12 heteroatoms. The number of carbonyl (C=O) groups is 3. The highest BCUT2D eigenvalue weighted by Gasteiger charge is 2.94. The average Bonchev–Trinajstić information content (AvgIpc) is 3.49. The smallest absolute Gasteiger partial charge is 0.339 e. The summed E-state index contributed by atoms with van der Waals surface area (Å²) in [4.78, 5) is 44.7. The van der Waals surface area contributed by atoms with E-state index in [4.69, 9.17) is 23.4 Å². The highest BCUT2D eigenvalue weighted by atomic mass is 16.7. The molecule has 17 atom stereocenters. The van der Waals surface area contributed by atoms with Gasteiger partial charge in [-0.1, -0.05) is 25.2 Å². The molecule has 0 aromatic carbocycles. The Morgan fingerprint density at radius 1 is 1.00 bits per heavy atom. The topological polar surface area (TPSA) is 160 Å². The maximum Gasteiger partial charge on any atom is 0.339 e. The van der Waals surface area contributed by atoms with Crippen LogP contribution in [0.1, 0.15) is 89.6 Å². The lowest BCUT2D eigenvalue weighted by Crippen LogP contribution is -2.79. The van der Waals surface area contributed by atoms with Crippen molar-refractivity contribution in [2.45, 2.75) is 126 Å². The van der Waals surface area contributed by atoms with Crippen LogP contribution in [0.3, 0.4) is 0 Å². The van der Waals surface area contributed by atoms with Crippen LogP contribution in [0.25, 0.3) is 0 Å². The van der Waals surface area contributed by atoms with Gasteiger partial charge in [0.1, 0.15) is 30.2 Å². The second-order valence-corrected chi connectivity index (χ2v) is 20.4. The fourth-order valence-corrected chi connectivity index (χ4v) is 16.4. The van der Waals surface area contributed by atoms with Crippen LogP contribution in [0.5, 0.6) is 0 Å². The molecule has 5 saturated heterocycles. The molecule has 1 aromatic heterocycles. The molecule has 17 unspecified atom stereocenters. The highest BCUT2D eigenvalue weighted by molar-refractivity contribution is 5.97. The zero-order valence-electron chi connectivity index (χ0n) is 32.5. The van der Waals surface area contributed by atoms with Crippen molar-refractivity contribution in [1.82, 2.24) is 10.2 Å². The molecule has 9 fully saturated rings. The maximum absolute atomic E-state index is 15.2. The SMILES string of the molecule is CC1(C)OC2CC(=O)OCC23C2CCC4(C)C(c5ccoc5CC5C(O)CCC6CC7C(C=CN8CNCC78)CC65)OC(=O)C5OC54C24CC=CC13C(=O)C4O. The molecular weight excluding hydrogens is 716 g/mol. The quantitative estimate of drug-likeness (QED) is 0.233. The molecule has 12 aliphatic rings. The normalized spacial score (nSPS) is 53.9. The van der Waals surface area contributed by atoms with Crippen LogP contribution >= 0.6 is 0 Å². The number of aliphatic hydroxyl groups excluding tert-OH is 2. The van der Waals surface area contributed by atoms with Crippen LogP contribution in [-0.4, -0.2) is 94.3 Å². The van der Waals surface area contributed by atoms with Crippen LogP contribution < -0.4 is 5.32 Å². The Balaban J connectivity index is 0.918. The van der Waals surface area contributed by atoms with Crippen molar-refractivity contribution in [1.29, 1.82) is 0 Å². The minimum Gasteiger partial charge on any atom is -0.469 e. The summed E-state index contributed by atoms with van der Waals surface area (Å²) in [6.45, 7) is 7.84. The number of epoxide rings is 1. The number of ether oxygens (including phenoxy) is 4. The van der Waals surface area contributed by atoms with Crippen molar-refractivity contribution in [3.63, 3.8) is 0 Å². The van der Waals surface area contributed by atoms with E-state index in [0.717, 1.165) is 43.8 Å². The number of fused-ring (bicyclic) bond motifs is 6. The van der Waals surface area contributed by atoms with Gasteiger partial charge in [-0.25, -0.2) is 4.79 Å². The Morgan fingerprint density at radius 2 is 1.86 bits per heavy atom. The van der Waals surface area contributed by atoms with Crippen molar-refractivity contribution in [2.24, 2.45) is 57.2 Å². The van der Waals surface area contributed by atoms with E-state index in [1.165, 1.54) is 6.42 Å². The Morgan fingerprint density at radius 3 is 2.71 bits per heavy atom. The Hall–Kier alpha value is -3.03. The van der Waals surface area contributed by atoms with E-state index in [-0.39, 0.29) is 36.6 Å². The van der Waals surface area contributed by atoms with E-state index >= 15 is 4.79 Å². The first-order valence-corrected chi connectivity index (χ1v) is 21.4. The van der Waals surface area contributed by atoms with Gasteiger partial charge in [0.15, 0.2) is 11.9 Å². The molecule has 4 saturated carbocycles. The molecule has 6 aliphatic carbocycles. The third-order valence-electron chi connectivity index (χ3n) is 18.6. The van der Waals surface area contributed by atoms with Gasteiger partial charge in [-0.2, -0.15) is 0 Å². The largest absolute Gasteiger partial charge is 0.469 e. The van der Waals surface area contributed by atoms with Crippen LogP contribution in [0, 0.1) is 57.2 Å². The van der Waals surface area contributed by atoms with Crippen molar-refractivity contribution in [3.8, 4) is 0 Å². The number of furan rings is 1. The molecule has 4 spiro atoms. The summed E-state index contributed by atoms with van der Waals surface area (Å²) < 4.78 is 32.2. The number of nitrogens with zero attached hydrogens (tertiary/aromatic N) is 1. The van der Waals surface area contributed by atoms with Crippen LogP contribution in [0.15, 0.2) is 41.2 Å². The summed E-state index contributed by atoms with van der Waals surface area (Å²) in [7, 11) is 0. The van der Waals surface area contributed by atoms with Crippen molar-refractivity contribution >= 4 is 17.7 Å². The summed E-state index contributed by atoms with van der Waals surface area (Å²) in [5, 5.41) is 28.0. The predicted molar refractivity (Wildman–Crippen MR) is 196 cm³/mol. The third kappa shape index (κ3) is 3.72. The number of hydrogen-bond donors (Lipinski definition) is 3. The van der Waals surface area contributed by atoms with Crippen molar-refractivity contribution < 1.29 is 48.0 Å². The van der Waals surface area contributed by atoms with Gasteiger partial charge in [0.05, 0.1) is 48.0 Å². The molecule has 12 nitrogen and oxygen atoms in total. The van der Waals surface area contributed by atoms with E-state index in [0.29, 0.717) is 55.4 Å². The van der Waals surface area contributed by atoms with Gasteiger partial charge in [-0.3, -0.25) is 14.9 Å². The lowest BCUT2D eigenvalue weighted by atomic mass is 9.33. The first-order valence-electron chi connectivity index (χ1n) is 21.4. The van der Waals surface area contributed by atoms with Crippen LogP contribution in [0.2, 0.25) is 0 Å². The number of ketones is 1. The molecule has 6 aliphatic heterocycles. The Labute approximate surface area is 326 Å². The van der Waals surface area contributed by atoms with Crippen molar-refractivity contribution in [2.75, 3.05) is 19.8 Å². The van der Waals surface area contributed by atoms with Gasteiger partial charge in [0.25, 0.3) is 0 Å². The molecular formula is C44H54N2O10. The fourth-order valence-electron chi connectivity index (χ4n) is 16.4. The van der Waals surface area contributed by atoms with E-state index in [1.807, 2.05) is 32.1 Å². The number of nitrogens with one attached hydrogen (secondary N) is 1. The molecule has 1 aromatic rings. The molecule has 0 radical (unpaired) electrons. The number of allylic oxidation sites excluding steroid dienone is 2. The number of carbonyl (C=O) groups excluding carboxylic acids is 3. The first kappa shape index (κ1) is 35.0. The summed E-state index contributed by atoms with van der Waals surface area (Å²) in [6, 6.07) is 2.45. The lowest BCUT2D eigenvalue weighted by molar-refractivity contribution is -0.262. The second kappa shape index (κ2) is 11.0. The van der Waals surface area contributed by atoms with Gasteiger partial charge in [0, 0.05) is 35.4 Å². The summed E-state index contributed by atoms with van der Waals surface area (Å²) in [6.07, 6.45) is 12.2. The third-order valence-corrected chi connectivity index (χ3v) is 18.6. The van der Waals surface area contributed by atoms with Crippen LogP contribution in [0.4, 0.5) is 0 Å². The van der Waals surface area contributed by atoms with Gasteiger partial charge in [0.2, 0.25) is 0 Å². The molecule has 3 N–H and O–H groups in total. The van der Waals surface area contributed by atoms with Gasteiger partial charge >= 0.3 is 11.9 Å². The molecule has 13 rings (SSSR count). The maximum atomic E-state index is 15.2. The van der Waals surface area contributed by atoms with E-state index in [1.54, 1.807) is 6.26 Å². The summed E-state index contributed by atoms with van der Waals surface area (Å²) >= 11 is 0. The zero-order chi connectivity index (χ0) is 38.4. The number of esters is 2. The average molecular weight is 771 g/mol. The van der Waals surface area contributed by atoms with E-state index in [9.17, 15) is 19.8 Å². The van der Waals surface area contributed by atoms with Crippen molar-refractivity contribution in [3.05, 3.63) is 48.1 Å². The fraction of sp³-hybridized carbons (Fsp3) is 0.750. The first-order chi connectivity index (χ1) is 26.8. The second-order valence-electron chi connectivity index (χ2n) is 20.4. The summed E-state index contributed by atoms with van der Waals surface area (Å²) in [5.74, 6) is 1.16. The Bertz CT molecular complexity index is 1990. The van der Waals surface area contributed by atoms with Gasteiger partial charge in [-0.05, 0) is 107 Å². The predicted octanol–water partition coefficient (Wildman–Crippen LogP) is 3.75. The Kier molecular flexibility index (Phi) is 6.84. The minimum absolute atomic E-state index is 0.00159. The number of cyclic esters (lactones) is 2. The molecule has 0 amide bonds. The minimum atomic E-state index is -1.45. The zero-order valence-corrected chi connectivity index (χ0v) is 32.5. The monoisotopic (exact) mass is 770 g/mol. The van der Waals surface area contributed by atoms with Gasteiger partial charge in [-0.15, -0.1) is 0 Å².